The molecule has 0 aliphatic heterocycles. The lowest BCUT2D eigenvalue weighted by Gasteiger charge is -2.11. The predicted octanol–water partition coefficient (Wildman–Crippen LogP) is 0.681. The molecule has 0 radical (unpaired) electrons. The number of ether oxygens (including phenoxy) is 2. The number of imide groups is 1. The van der Waals surface area contributed by atoms with E-state index in [4.69, 9.17) is 9.47 Å². The minimum Gasteiger partial charge on any atom is -0.481 e. The molecule has 1 aromatic carbocycles. The first-order valence-corrected chi connectivity index (χ1v) is 6.30. The summed E-state index contributed by atoms with van der Waals surface area (Å²) in [5, 5.41) is 4.18. The minimum atomic E-state index is -0.713. The molecule has 0 saturated carbocycles. The van der Waals surface area contributed by atoms with Crippen LogP contribution in [0.2, 0.25) is 0 Å². The lowest BCUT2D eigenvalue weighted by molar-refractivity contribution is -0.150. The van der Waals surface area contributed by atoms with E-state index in [1.54, 1.807) is 0 Å². The van der Waals surface area contributed by atoms with Crippen molar-refractivity contribution in [3.05, 3.63) is 29.3 Å². The lowest BCUT2D eigenvalue weighted by Crippen LogP contribution is -2.40. The molecule has 0 aliphatic carbocycles. The van der Waals surface area contributed by atoms with Crippen molar-refractivity contribution in [2.45, 2.75) is 13.8 Å². The number of rotatable bonds is 5. The summed E-state index contributed by atoms with van der Waals surface area (Å²) < 4.78 is 10.1. The molecule has 0 spiro atoms. The maximum absolute atomic E-state index is 11.5. The average Bonchev–Trinajstić information content (AvgIpc) is 2.44. The smallest absolute Gasteiger partial charge is 0.344 e. The summed E-state index contributed by atoms with van der Waals surface area (Å²) in [7, 11) is 1.37. The summed E-state index contributed by atoms with van der Waals surface area (Å²) in [5.41, 5.74) is 1.81. The first-order valence-electron chi connectivity index (χ1n) is 6.30. The predicted molar refractivity (Wildman–Crippen MR) is 75.0 cm³/mol. The van der Waals surface area contributed by atoms with Crippen molar-refractivity contribution in [2.75, 3.05) is 20.3 Å². The number of hydrogen-bond acceptors (Lipinski definition) is 5. The van der Waals surface area contributed by atoms with E-state index in [-0.39, 0.29) is 6.61 Å². The van der Waals surface area contributed by atoms with E-state index in [0.29, 0.717) is 5.75 Å². The van der Waals surface area contributed by atoms with E-state index < -0.39 is 24.5 Å². The van der Waals surface area contributed by atoms with Crippen molar-refractivity contribution < 1.29 is 23.9 Å². The molecule has 7 nitrogen and oxygen atoms in total. The molecular weight excluding hydrogens is 276 g/mol. The molecular formula is C14H18N2O5. The highest BCUT2D eigenvalue weighted by Gasteiger charge is 2.11. The van der Waals surface area contributed by atoms with Crippen molar-refractivity contribution in [1.29, 1.82) is 0 Å². The summed E-state index contributed by atoms with van der Waals surface area (Å²) in [6, 6.07) is 4.95. The van der Waals surface area contributed by atoms with E-state index in [2.05, 4.69) is 5.32 Å². The average molecular weight is 294 g/mol. The number of esters is 1. The van der Waals surface area contributed by atoms with Crippen LogP contribution in [0.15, 0.2) is 18.2 Å². The summed E-state index contributed by atoms with van der Waals surface area (Å²) in [4.78, 5) is 33.5. The third kappa shape index (κ3) is 5.52. The van der Waals surface area contributed by atoms with Crippen molar-refractivity contribution in [3.63, 3.8) is 0 Å². The zero-order valence-corrected chi connectivity index (χ0v) is 12.2. The van der Waals surface area contributed by atoms with Gasteiger partial charge in [-0.3, -0.25) is 10.1 Å². The Bertz CT molecular complexity index is 522. The van der Waals surface area contributed by atoms with Crippen LogP contribution in [0.4, 0.5) is 4.79 Å². The van der Waals surface area contributed by atoms with Crippen LogP contribution in [0.1, 0.15) is 11.1 Å². The van der Waals surface area contributed by atoms with Gasteiger partial charge in [-0.15, -0.1) is 0 Å². The van der Waals surface area contributed by atoms with E-state index >= 15 is 0 Å². The number of carbonyl (C=O) groups excluding carboxylic acids is 3. The van der Waals surface area contributed by atoms with Gasteiger partial charge in [0.1, 0.15) is 5.75 Å². The molecule has 0 atom stereocenters. The number of urea groups is 1. The van der Waals surface area contributed by atoms with Gasteiger partial charge in [0.25, 0.3) is 5.91 Å². The van der Waals surface area contributed by atoms with Crippen molar-refractivity contribution in [3.8, 4) is 5.75 Å². The molecule has 1 aromatic rings. The SMILES string of the molecule is CNC(=O)NC(=O)COC(=O)COc1c(C)cccc1C. The number of aryl methyl sites for hydroxylation is 2. The summed E-state index contributed by atoms with van der Waals surface area (Å²) in [6.07, 6.45) is 0. The van der Waals surface area contributed by atoms with Crippen LogP contribution in [0.5, 0.6) is 5.75 Å². The first-order chi connectivity index (χ1) is 9.93. The monoisotopic (exact) mass is 294 g/mol. The van der Waals surface area contributed by atoms with Crippen LogP contribution in [0.3, 0.4) is 0 Å². The Morgan fingerprint density at radius 3 is 2.29 bits per heavy atom. The minimum absolute atomic E-state index is 0.307. The second-order valence-electron chi connectivity index (χ2n) is 4.30. The Hall–Kier alpha value is -2.57. The summed E-state index contributed by atoms with van der Waals surface area (Å²) >= 11 is 0. The number of hydrogen-bond donors (Lipinski definition) is 2. The van der Waals surface area contributed by atoms with Crippen molar-refractivity contribution in [2.24, 2.45) is 0 Å². The fraction of sp³-hybridized carbons (Fsp3) is 0.357. The summed E-state index contributed by atoms with van der Waals surface area (Å²) in [6.45, 7) is 2.89. The number of carbonyl (C=O) groups is 3. The second-order valence-corrected chi connectivity index (χ2v) is 4.30. The molecule has 2 N–H and O–H groups in total. The topological polar surface area (TPSA) is 93.7 Å². The van der Waals surface area contributed by atoms with Gasteiger partial charge in [-0.25, -0.2) is 9.59 Å². The third-order valence-corrected chi connectivity index (χ3v) is 2.59. The molecule has 0 heterocycles. The van der Waals surface area contributed by atoms with Crippen LogP contribution in [-0.2, 0) is 14.3 Å². The number of nitrogens with one attached hydrogen (secondary N) is 2. The van der Waals surface area contributed by atoms with Crippen molar-refractivity contribution in [1.82, 2.24) is 10.6 Å². The van der Waals surface area contributed by atoms with E-state index in [9.17, 15) is 14.4 Å². The van der Waals surface area contributed by atoms with Gasteiger partial charge in [0.05, 0.1) is 0 Å². The number of para-hydroxylation sites is 1. The number of amides is 3. The largest absolute Gasteiger partial charge is 0.481 e. The second kappa shape index (κ2) is 7.88. The van der Waals surface area contributed by atoms with Gasteiger partial charge in [-0.1, -0.05) is 18.2 Å². The molecule has 114 valence electrons. The number of benzene rings is 1. The molecule has 0 fully saturated rings. The Labute approximate surface area is 122 Å². The van der Waals surface area contributed by atoms with Gasteiger partial charge >= 0.3 is 12.0 Å². The maximum Gasteiger partial charge on any atom is 0.344 e. The summed E-state index contributed by atoms with van der Waals surface area (Å²) in [5.74, 6) is -0.788. The van der Waals surface area contributed by atoms with Crippen LogP contribution in [0.25, 0.3) is 0 Å². The standard InChI is InChI=1S/C14H18N2O5/c1-9-5-4-6-10(2)13(9)21-8-12(18)20-7-11(17)16-14(19)15-3/h4-6H,7-8H2,1-3H3,(H2,15,16,17,19). The van der Waals surface area contributed by atoms with Crippen molar-refractivity contribution >= 4 is 17.9 Å². The highest BCUT2D eigenvalue weighted by molar-refractivity contribution is 5.95. The molecule has 1 rings (SSSR count). The van der Waals surface area contributed by atoms with Gasteiger partial charge in [0.2, 0.25) is 0 Å². The fourth-order valence-corrected chi connectivity index (χ4v) is 1.57. The highest BCUT2D eigenvalue weighted by atomic mass is 16.6. The first kappa shape index (κ1) is 16.5. The molecule has 21 heavy (non-hydrogen) atoms. The Balaban J connectivity index is 2.38. The normalized spacial score (nSPS) is 9.67. The maximum atomic E-state index is 11.5. The molecule has 0 saturated heterocycles. The Kier molecular flexibility index (Phi) is 6.19. The van der Waals surface area contributed by atoms with Gasteiger partial charge < -0.3 is 14.8 Å². The van der Waals surface area contributed by atoms with Gasteiger partial charge in [-0.05, 0) is 25.0 Å². The van der Waals surface area contributed by atoms with Crippen LogP contribution < -0.4 is 15.4 Å². The van der Waals surface area contributed by atoms with Gasteiger partial charge in [0, 0.05) is 7.05 Å². The van der Waals surface area contributed by atoms with Gasteiger partial charge in [-0.2, -0.15) is 0 Å². The molecule has 7 heteroatoms. The van der Waals surface area contributed by atoms with Crippen LogP contribution in [-0.4, -0.2) is 38.2 Å². The fourth-order valence-electron chi connectivity index (χ4n) is 1.57. The van der Waals surface area contributed by atoms with E-state index in [1.807, 2.05) is 37.4 Å². The Morgan fingerprint density at radius 1 is 1.10 bits per heavy atom. The van der Waals surface area contributed by atoms with E-state index in [1.165, 1.54) is 7.05 Å². The van der Waals surface area contributed by atoms with Gasteiger partial charge in [0.15, 0.2) is 13.2 Å². The molecule has 0 unspecified atom stereocenters. The molecule has 0 aromatic heterocycles. The third-order valence-electron chi connectivity index (χ3n) is 2.59. The zero-order chi connectivity index (χ0) is 15.8. The van der Waals surface area contributed by atoms with Crippen LogP contribution >= 0.6 is 0 Å². The highest BCUT2D eigenvalue weighted by Crippen LogP contribution is 2.22. The van der Waals surface area contributed by atoms with E-state index in [0.717, 1.165) is 11.1 Å². The molecule has 0 bridgehead atoms. The molecule has 3 amide bonds. The quantitative estimate of drug-likeness (QED) is 0.779. The molecule has 0 aliphatic rings. The lowest BCUT2D eigenvalue weighted by atomic mass is 10.1. The van der Waals surface area contributed by atoms with Crippen LogP contribution in [0, 0.1) is 13.8 Å². The Morgan fingerprint density at radius 2 is 1.71 bits per heavy atom. The zero-order valence-electron chi connectivity index (χ0n) is 12.2.